The number of amides is 1. The second kappa shape index (κ2) is 7.61. The molecule has 25 heavy (non-hydrogen) atoms. The number of aromatic nitrogens is 1. The average Bonchev–Trinajstić information content (AvgIpc) is 2.61. The van der Waals surface area contributed by atoms with Gasteiger partial charge in [-0.1, -0.05) is 18.2 Å². The Morgan fingerprint density at radius 3 is 2.84 bits per heavy atom. The van der Waals surface area contributed by atoms with E-state index < -0.39 is 0 Å². The van der Waals surface area contributed by atoms with Crippen LogP contribution in [0.5, 0.6) is 0 Å². The second-order valence-electron chi connectivity index (χ2n) is 6.34. The number of hydrogen-bond donors (Lipinski definition) is 1. The van der Waals surface area contributed by atoms with E-state index in [2.05, 4.69) is 4.98 Å². The summed E-state index contributed by atoms with van der Waals surface area (Å²) in [6.45, 7) is 1.07. The van der Waals surface area contributed by atoms with Crippen LogP contribution in [0.3, 0.4) is 0 Å². The molecule has 1 aromatic heterocycles. The standard InChI is InChI=1S/C19H21FN2O3/c1-25-17-8-9-22(19(24)16-6-3-7-18(23)21-16)12-14(17)10-13-4-2-5-15(20)11-13/h2-7,11,14,17H,8-10,12H2,1H3,(H,21,23)/t14-,17-/m1/s1. The normalized spacial score (nSPS) is 20.5. The fourth-order valence-electron chi connectivity index (χ4n) is 3.41. The molecule has 1 fully saturated rings. The van der Waals surface area contributed by atoms with E-state index in [0.29, 0.717) is 25.9 Å². The van der Waals surface area contributed by atoms with Crippen LogP contribution in [0.1, 0.15) is 22.5 Å². The molecule has 1 aliphatic heterocycles. The van der Waals surface area contributed by atoms with Crippen molar-refractivity contribution in [1.82, 2.24) is 9.88 Å². The number of halogens is 1. The number of methoxy groups -OCH3 is 1. The van der Waals surface area contributed by atoms with Crippen LogP contribution in [0.2, 0.25) is 0 Å². The van der Waals surface area contributed by atoms with Crippen LogP contribution in [-0.4, -0.2) is 42.1 Å². The summed E-state index contributed by atoms with van der Waals surface area (Å²) in [5.41, 5.74) is 0.872. The number of carbonyl (C=O) groups excluding carboxylic acids is 1. The lowest BCUT2D eigenvalue weighted by molar-refractivity contribution is -0.00320. The molecule has 132 valence electrons. The number of hydrogen-bond acceptors (Lipinski definition) is 3. The molecule has 6 heteroatoms. The molecular formula is C19H21FN2O3. The Kier molecular flexibility index (Phi) is 5.28. The van der Waals surface area contributed by atoms with Crippen LogP contribution in [-0.2, 0) is 11.2 Å². The van der Waals surface area contributed by atoms with Crippen molar-refractivity contribution in [3.8, 4) is 0 Å². The number of nitrogens with one attached hydrogen (secondary N) is 1. The second-order valence-corrected chi connectivity index (χ2v) is 6.34. The predicted molar refractivity (Wildman–Crippen MR) is 92.0 cm³/mol. The van der Waals surface area contributed by atoms with E-state index in [1.54, 1.807) is 30.2 Å². The number of rotatable bonds is 4. The first-order valence-corrected chi connectivity index (χ1v) is 8.32. The van der Waals surface area contributed by atoms with Crippen molar-refractivity contribution in [2.45, 2.75) is 18.9 Å². The third-order valence-corrected chi connectivity index (χ3v) is 4.64. The zero-order valence-electron chi connectivity index (χ0n) is 14.1. The highest BCUT2D eigenvalue weighted by Gasteiger charge is 2.32. The third-order valence-electron chi connectivity index (χ3n) is 4.64. The van der Waals surface area contributed by atoms with Crippen molar-refractivity contribution >= 4 is 5.91 Å². The predicted octanol–water partition coefficient (Wildman–Crippen LogP) is 2.23. The largest absolute Gasteiger partial charge is 0.381 e. The Bertz CT molecular complexity index is 805. The summed E-state index contributed by atoms with van der Waals surface area (Å²) >= 11 is 0. The van der Waals surface area contributed by atoms with E-state index in [4.69, 9.17) is 4.74 Å². The summed E-state index contributed by atoms with van der Waals surface area (Å²) < 4.78 is 19.0. The molecule has 1 aromatic carbocycles. The smallest absolute Gasteiger partial charge is 0.270 e. The highest BCUT2D eigenvalue weighted by atomic mass is 19.1. The maximum atomic E-state index is 13.4. The highest BCUT2D eigenvalue weighted by Crippen LogP contribution is 2.25. The maximum absolute atomic E-state index is 13.4. The van der Waals surface area contributed by atoms with E-state index in [9.17, 15) is 14.0 Å². The Hall–Kier alpha value is -2.47. The summed E-state index contributed by atoms with van der Waals surface area (Å²) in [4.78, 5) is 28.4. The van der Waals surface area contributed by atoms with Gasteiger partial charge in [0.2, 0.25) is 5.56 Å². The summed E-state index contributed by atoms with van der Waals surface area (Å²) in [6.07, 6.45) is 1.35. The van der Waals surface area contributed by atoms with Crippen molar-refractivity contribution in [1.29, 1.82) is 0 Å². The molecule has 0 aliphatic carbocycles. The molecule has 2 aromatic rings. The maximum Gasteiger partial charge on any atom is 0.270 e. The van der Waals surface area contributed by atoms with Gasteiger partial charge in [-0.25, -0.2) is 4.39 Å². The summed E-state index contributed by atoms with van der Waals surface area (Å²) in [5, 5.41) is 0. The SMILES string of the molecule is CO[C@@H]1CCN(C(=O)c2cccc(=O)[nH]2)C[C@H]1Cc1cccc(F)c1. The lowest BCUT2D eigenvalue weighted by Gasteiger charge is -2.38. The number of ether oxygens (including phenoxy) is 1. The summed E-state index contributed by atoms with van der Waals surface area (Å²) in [7, 11) is 1.66. The molecule has 2 atom stereocenters. The average molecular weight is 344 g/mol. The van der Waals surface area contributed by atoms with Gasteiger partial charge in [-0.3, -0.25) is 9.59 Å². The minimum absolute atomic E-state index is 0.0159. The molecular weight excluding hydrogens is 323 g/mol. The number of carbonyl (C=O) groups is 1. The fraction of sp³-hybridized carbons (Fsp3) is 0.368. The zero-order chi connectivity index (χ0) is 17.8. The Morgan fingerprint density at radius 1 is 1.32 bits per heavy atom. The molecule has 5 nitrogen and oxygen atoms in total. The fourth-order valence-corrected chi connectivity index (χ4v) is 3.41. The zero-order valence-corrected chi connectivity index (χ0v) is 14.1. The van der Waals surface area contributed by atoms with Crippen LogP contribution in [0.25, 0.3) is 0 Å². The molecule has 0 saturated carbocycles. The number of benzene rings is 1. The topological polar surface area (TPSA) is 62.4 Å². The first-order chi connectivity index (χ1) is 12.1. The number of piperidine rings is 1. The van der Waals surface area contributed by atoms with Gasteiger partial charge >= 0.3 is 0 Å². The Morgan fingerprint density at radius 2 is 2.12 bits per heavy atom. The minimum Gasteiger partial charge on any atom is -0.381 e. The van der Waals surface area contributed by atoms with E-state index in [0.717, 1.165) is 5.56 Å². The van der Waals surface area contributed by atoms with Crippen LogP contribution in [0.4, 0.5) is 4.39 Å². The molecule has 0 unspecified atom stereocenters. The van der Waals surface area contributed by atoms with Crippen molar-refractivity contribution < 1.29 is 13.9 Å². The lowest BCUT2D eigenvalue weighted by atomic mass is 9.88. The Labute approximate surface area is 145 Å². The van der Waals surface area contributed by atoms with Crippen LogP contribution in [0, 0.1) is 11.7 Å². The molecule has 0 spiro atoms. The number of nitrogens with zero attached hydrogens (tertiary/aromatic N) is 1. The molecule has 0 radical (unpaired) electrons. The van der Waals surface area contributed by atoms with Gasteiger partial charge in [0.15, 0.2) is 0 Å². The van der Waals surface area contributed by atoms with Gasteiger partial charge in [-0.15, -0.1) is 0 Å². The van der Waals surface area contributed by atoms with Crippen LogP contribution < -0.4 is 5.56 Å². The van der Waals surface area contributed by atoms with Gasteiger partial charge in [0.1, 0.15) is 11.5 Å². The number of likely N-dealkylation sites (tertiary alicyclic amines) is 1. The van der Waals surface area contributed by atoms with Gasteiger partial charge in [0.25, 0.3) is 5.91 Å². The van der Waals surface area contributed by atoms with E-state index >= 15 is 0 Å². The summed E-state index contributed by atoms with van der Waals surface area (Å²) in [5.74, 6) is -0.395. The van der Waals surface area contributed by atoms with Gasteiger partial charge in [-0.05, 0) is 36.6 Å². The Balaban J connectivity index is 1.75. The van der Waals surface area contributed by atoms with E-state index in [-0.39, 0.29) is 35.0 Å². The van der Waals surface area contributed by atoms with E-state index in [1.807, 2.05) is 6.07 Å². The highest BCUT2D eigenvalue weighted by molar-refractivity contribution is 5.92. The minimum atomic E-state index is -0.297. The third kappa shape index (κ3) is 4.14. The van der Waals surface area contributed by atoms with Crippen LogP contribution in [0.15, 0.2) is 47.3 Å². The molecule has 3 rings (SSSR count). The lowest BCUT2D eigenvalue weighted by Crippen LogP contribution is -2.47. The van der Waals surface area contributed by atoms with Gasteiger partial charge in [-0.2, -0.15) is 0 Å². The first kappa shape index (κ1) is 17.4. The molecule has 1 aliphatic rings. The van der Waals surface area contributed by atoms with Gasteiger partial charge in [0.05, 0.1) is 6.10 Å². The molecule has 0 bridgehead atoms. The van der Waals surface area contributed by atoms with Crippen molar-refractivity contribution in [2.75, 3.05) is 20.2 Å². The van der Waals surface area contributed by atoms with E-state index in [1.165, 1.54) is 18.2 Å². The summed E-state index contributed by atoms with van der Waals surface area (Å²) in [6, 6.07) is 11.0. The molecule has 1 N–H and O–H groups in total. The van der Waals surface area contributed by atoms with Crippen molar-refractivity contribution in [2.24, 2.45) is 5.92 Å². The first-order valence-electron chi connectivity index (χ1n) is 8.32. The number of pyridine rings is 1. The van der Waals surface area contributed by atoms with Crippen LogP contribution >= 0.6 is 0 Å². The number of H-pyrrole nitrogens is 1. The molecule has 2 heterocycles. The monoisotopic (exact) mass is 344 g/mol. The van der Waals surface area contributed by atoms with Crippen molar-refractivity contribution in [3.05, 3.63) is 69.9 Å². The quantitative estimate of drug-likeness (QED) is 0.925. The van der Waals surface area contributed by atoms with Gasteiger partial charge in [0, 0.05) is 32.2 Å². The number of aromatic amines is 1. The molecule has 1 saturated heterocycles. The van der Waals surface area contributed by atoms with Crippen molar-refractivity contribution in [3.63, 3.8) is 0 Å². The van der Waals surface area contributed by atoms with Gasteiger partial charge < -0.3 is 14.6 Å². The molecule has 1 amide bonds.